The topological polar surface area (TPSA) is 38.3 Å². The van der Waals surface area contributed by atoms with Gasteiger partial charge in [-0.2, -0.15) is 0 Å². The zero-order valence-corrected chi connectivity index (χ0v) is 7.51. The number of allylic oxidation sites excluding steroid dienone is 1. The molecule has 0 unspecified atom stereocenters. The van der Waals surface area contributed by atoms with Crippen LogP contribution in [-0.4, -0.2) is 5.78 Å². The summed E-state index contributed by atoms with van der Waals surface area (Å²) in [5, 5.41) is 0. The third-order valence-electron chi connectivity index (χ3n) is 1.62. The van der Waals surface area contributed by atoms with Crippen molar-refractivity contribution in [3.8, 4) is 5.75 Å². The molecule has 0 aromatic heterocycles. The first-order valence-electron chi connectivity index (χ1n) is 3.60. The number of rotatable bonds is 0. The van der Waals surface area contributed by atoms with Crippen molar-refractivity contribution in [2.45, 2.75) is 0 Å². The van der Waals surface area contributed by atoms with Gasteiger partial charge in [-0.15, -0.1) is 12.4 Å². The third kappa shape index (κ3) is 1.81. The minimum absolute atomic E-state index is 0. The van der Waals surface area contributed by atoms with E-state index < -0.39 is 0 Å². The largest absolute Gasteiger partial charge is 0.382 e. The number of carbonyl (C=O) groups is 1. The Labute approximate surface area is 81.8 Å². The van der Waals surface area contributed by atoms with Crippen LogP contribution < -0.4 is 10.3 Å². The lowest BCUT2D eigenvalue weighted by molar-refractivity contribution is 0.104. The van der Waals surface area contributed by atoms with E-state index in [1.54, 1.807) is 18.2 Å². The summed E-state index contributed by atoms with van der Waals surface area (Å²) in [4.78, 5) is 16.4. The molecule has 0 aliphatic carbocycles. The Balaban J connectivity index is 0.000000845. The van der Waals surface area contributed by atoms with Crippen molar-refractivity contribution in [2.75, 3.05) is 0 Å². The lowest BCUT2D eigenvalue weighted by Crippen LogP contribution is -2.09. The van der Waals surface area contributed by atoms with Crippen LogP contribution in [0.25, 0.3) is 0 Å². The minimum Gasteiger partial charge on any atom is -0.382 e. The molecule has 1 aromatic carbocycles. The Morgan fingerprint density at radius 1 is 1.23 bits per heavy atom. The number of benzene rings is 1. The first-order chi connectivity index (χ1) is 5.88. The highest BCUT2D eigenvalue weighted by Crippen LogP contribution is 2.19. The predicted octanol–water partition coefficient (Wildman–Crippen LogP) is 1.70. The van der Waals surface area contributed by atoms with E-state index in [-0.39, 0.29) is 18.2 Å². The summed E-state index contributed by atoms with van der Waals surface area (Å²) < 4.78 is 0. The van der Waals surface area contributed by atoms with E-state index in [0.717, 1.165) is 0 Å². The number of nitrogens with one attached hydrogen (secondary N) is 1. The van der Waals surface area contributed by atoms with Crippen molar-refractivity contribution in [3.05, 3.63) is 42.1 Å². The molecule has 1 N–H and O–H groups in total. The van der Waals surface area contributed by atoms with Gasteiger partial charge in [0, 0.05) is 12.3 Å². The van der Waals surface area contributed by atoms with Crippen LogP contribution in [0.5, 0.6) is 5.75 Å². The fourth-order valence-electron chi connectivity index (χ4n) is 1.06. The van der Waals surface area contributed by atoms with Crippen LogP contribution in [-0.2, 0) is 0 Å². The Hall–Kier alpha value is -1.48. The van der Waals surface area contributed by atoms with Crippen LogP contribution >= 0.6 is 12.4 Å². The highest BCUT2D eigenvalue weighted by molar-refractivity contribution is 6.06. The number of carbonyl (C=O) groups excluding carboxylic acids is 1. The maximum Gasteiger partial charge on any atom is 0.191 e. The van der Waals surface area contributed by atoms with E-state index in [1.165, 1.54) is 12.3 Å². The molecule has 4 heteroatoms. The van der Waals surface area contributed by atoms with Gasteiger partial charge < -0.3 is 4.84 Å². The molecule has 1 heterocycles. The molecule has 0 saturated carbocycles. The Kier molecular flexibility index (Phi) is 2.93. The molecule has 1 aliphatic rings. The molecule has 1 aliphatic heterocycles. The Morgan fingerprint density at radius 3 is 2.85 bits per heavy atom. The minimum atomic E-state index is -0.0457. The lowest BCUT2D eigenvalue weighted by atomic mass is 10.1. The summed E-state index contributed by atoms with van der Waals surface area (Å²) in [5.74, 6) is 0.517. The van der Waals surface area contributed by atoms with Gasteiger partial charge >= 0.3 is 0 Å². The van der Waals surface area contributed by atoms with Crippen molar-refractivity contribution in [3.63, 3.8) is 0 Å². The lowest BCUT2D eigenvalue weighted by Gasteiger charge is -2.03. The van der Waals surface area contributed by atoms with Crippen molar-refractivity contribution >= 4 is 18.2 Å². The molecule has 2 rings (SSSR count). The quantitative estimate of drug-likeness (QED) is 0.688. The monoisotopic (exact) mass is 197 g/mol. The molecule has 0 atom stereocenters. The second-order valence-corrected chi connectivity index (χ2v) is 2.41. The van der Waals surface area contributed by atoms with Crippen LogP contribution in [0.4, 0.5) is 0 Å². The van der Waals surface area contributed by atoms with Crippen LogP contribution in [0.2, 0.25) is 0 Å². The number of halogens is 1. The van der Waals surface area contributed by atoms with Crippen molar-refractivity contribution in [2.24, 2.45) is 0 Å². The van der Waals surface area contributed by atoms with Crippen LogP contribution in [0.3, 0.4) is 0 Å². The first kappa shape index (κ1) is 9.61. The maximum absolute atomic E-state index is 11.3. The highest BCUT2D eigenvalue weighted by atomic mass is 35.5. The Bertz CT molecular complexity index is 349. The van der Waals surface area contributed by atoms with E-state index in [1.807, 2.05) is 6.07 Å². The van der Waals surface area contributed by atoms with E-state index in [2.05, 4.69) is 5.48 Å². The number of para-hydroxylation sites is 1. The zero-order chi connectivity index (χ0) is 8.39. The second kappa shape index (κ2) is 3.96. The molecule has 3 nitrogen and oxygen atoms in total. The standard InChI is InChI=1S/C9H7NO2.ClH/c11-8-5-6-10-12-9-4-2-1-3-7(8)9;/h1-6,10H;1H. The molecule has 0 radical (unpaired) electrons. The number of hydrogen-bond donors (Lipinski definition) is 1. The fraction of sp³-hybridized carbons (Fsp3) is 0. The van der Waals surface area contributed by atoms with Gasteiger partial charge in [-0.05, 0) is 12.1 Å². The van der Waals surface area contributed by atoms with Crippen LogP contribution in [0, 0.1) is 0 Å². The molecule has 1 aromatic rings. The van der Waals surface area contributed by atoms with Crippen molar-refractivity contribution in [1.29, 1.82) is 0 Å². The van der Waals surface area contributed by atoms with E-state index in [0.29, 0.717) is 11.3 Å². The first-order valence-corrected chi connectivity index (χ1v) is 3.60. The molecule has 0 amide bonds. The van der Waals surface area contributed by atoms with E-state index in [4.69, 9.17) is 4.84 Å². The number of hydrogen-bond acceptors (Lipinski definition) is 3. The van der Waals surface area contributed by atoms with E-state index in [9.17, 15) is 4.79 Å². The molecule has 0 saturated heterocycles. The van der Waals surface area contributed by atoms with Gasteiger partial charge in [0.05, 0.1) is 5.56 Å². The van der Waals surface area contributed by atoms with Crippen molar-refractivity contribution < 1.29 is 9.63 Å². The molecule has 13 heavy (non-hydrogen) atoms. The average Bonchev–Trinajstić information content (AvgIpc) is 2.29. The second-order valence-electron chi connectivity index (χ2n) is 2.41. The summed E-state index contributed by atoms with van der Waals surface area (Å²) in [6, 6.07) is 7.10. The highest BCUT2D eigenvalue weighted by Gasteiger charge is 2.11. The molecule has 68 valence electrons. The number of fused-ring (bicyclic) bond motifs is 1. The average molecular weight is 198 g/mol. The van der Waals surface area contributed by atoms with Crippen LogP contribution in [0.1, 0.15) is 10.4 Å². The maximum atomic E-state index is 11.3. The van der Waals surface area contributed by atoms with Gasteiger partial charge in [-0.1, -0.05) is 12.1 Å². The van der Waals surface area contributed by atoms with Gasteiger partial charge in [-0.3, -0.25) is 4.79 Å². The molecule has 0 spiro atoms. The number of ketones is 1. The summed E-state index contributed by atoms with van der Waals surface area (Å²) in [7, 11) is 0. The summed E-state index contributed by atoms with van der Waals surface area (Å²) >= 11 is 0. The summed E-state index contributed by atoms with van der Waals surface area (Å²) in [6.45, 7) is 0. The van der Waals surface area contributed by atoms with E-state index >= 15 is 0 Å². The summed E-state index contributed by atoms with van der Waals surface area (Å²) in [6.07, 6.45) is 2.91. The third-order valence-corrected chi connectivity index (χ3v) is 1.62. The van der Waals surface area contributed by atoms with Gasteiger partial charge in [0.25, 0.3) is 0 Å². The summed E-state index contributed by atoms with van der Waals surface area (Å²) in [5.41, 5.74) is 3.11. The molecule has 0 bridgehead atoms. The van der Waals surface area contributed by atoms with Crippen molar-refractivity contribution in [1.82, 2.24) is 5.48 Å². The fourth-order valence-corrected chi connectivity index (χ4v) is 1.06. The smallest absolute Gasteiger partial charge is 0.191 e. The normalized spacial score (nSPS) is 13.1. The van der Waals surface area contributed by atoms with Crippen LogP contribution in [0.15, 0.2) is 36.5 Å². The molecular weight excluding hydrogens is 190 g/mol. The van der Waals surface area contributed by atoms with Gasteiger partial charge in [0.15, 0.2) is 11.5 Å². The van der Waals surface area contributed by atoms with Gasteiger partial charge in [0.2, 0.25) is 0 Å². The zero-order valence-electron chi connectivity index (χ0n) is 6.69. The van der Waals surface area contributed by atoms with Gasteiger partial charge in [-0.25, -0.2) is 5.48 Å². The number of hydroxylamine groups is 1. The van der Waals surface area contributed by atoms with Gasteiger partial charge in [0.1, 0.15) is 0 Å². The molecular formula is C9H8ClNO2. The predicted molar refractivity (Wildman–Crippen MR) is 50.9 cm³/mol. The Morgan fingerprint density at radius 2 is 2.00 bits per heavy atom. The molecule has 0 fully saturated rings. The SMILES string of the molecule is Cl.O=C1C=CNOc2ccccc21.